The van der Waals surface area contributed by atoms with E-state index in [1.807, 2.05) is 78.2 Å². The third-order valence-electron chi connectivity index (χ3n) is 5.35. The molecule has 0 aliphatic carbocycles. The van der Waals surface area contributed by atoms with Crippen LogP contribution in [-0.4, -0.2) is 32.7 Å². The Hall–Kier alpha value is -3.55. The van der Waals surface area contributed by atoms with E-state index >= 15 is 0 Å². The Labute approximate surface area is 193 Å². The van der Waals surface area contributed by atoms with Gasteiger partial charge in [0.2, 0.25) is 5.91 Å². The van der Waals surface area contributed by atoms with Gasteiger partial charge in [-0.25, -0.2) is 0 Å². The predicted molar refractivity (Wildman–Crippen MR) is 128 cm³/mol. The van der Waals surface area contributed by atoms with Crippen molar-refractivity contribution in [2.75, 3.05) is 6.61 Å². The third kappa shape index (κ3) is 5.27. The van der Waals surface area contributed by atoms with Crippen LogP contribution in [0.15, 0.2) is 72.9 Å². The summed E-state index contributed by atoms with van der Waals surface area (Å²) in [5.41, 5.74) is 9.85. The van der Waals surface area contributed by atoms with Crippen molar-refractivity contribution in [3.8, 4) is 11.1 Å². The Morgan fingerprint density at radius 1 is 1.09 bits per heavy atom. The first-order valence-electron chi connectivity index (χ1n) is 10.9. The molecule has 2 aromatic carbocycles. The highest BCUT2D eigenvalue weighted by Gasteiger charge is 2.28. The largest absolute Gasteiger partial charge is 0.374 e. The summed E-state index contributed by atoms with van der Waals surface area (Å²) in [5.74, 6) is 0.306. The standard InChI is InChI=1S/C26H29N5O2/c1-18-14-21(20-12-8-5-9-13-20)23-29-30-24(31(23)15-18)22(28-25(32)26(2,3)27)17-33-16-19-10-6-4-7-11-19/h4-15,22H,16-17,27H2,1-3H3,(H,28,32)/t22-/m1/s1. The van der Waals surface area contributed by atoms with Crippen molar-refractivity contribution >= 4 is 11.6 Å². The zero-order valence-corrected chi connectivity index (χ0v) is 19.2. The maximum absolute atomic E-state index is 12.7. The summed E-state index contributed by atoms with van der Waals surface area (Å²) in [4.78, 5) is 12.7. The number of nitrogens with two attached hydrogens (primary N) is 1. The second kappa shape index (κ2) is 9.52. The molecule has 0 fully saturated rings. The second-order valence-electron chi connectivity index (χ2n) is 8.80. The first-order chi connectivity index (χ1) is 15.8. The van der Waals surface area contributed by atoms with Crippen LogP contribution < -0.4 is 11.1 Å². The number of benzene rings is 2. The zero-order valence-electron chi connectivity index (χ0n) is 19.2. The van der Waals surface area contributed by atoms with Crippen molar-refractivity contribution in [1.82, 2.24) is 19.9 Å². The Kier molecular flexibility index (Phi) is 6.53. The fourth-order valence-corrected chi connectivity index (χ4v) is 3.61. The van der Waals surface area contributed by atoms with Gasteiger partial charge in [0, 0.05) is 11.8 Å². The van der Waals surface area contributed by atoms with E-state index in [-0.39, 0.29) is 12.5 Å². The summed E-state index contributed by atoms with van der Waals surface area (Å²) in [7, 11) is 0. The molecule has 0 aliphatic rings. The van der Waals surface area contributed by atoms with Crippen molar-refractivity contribution in [1.29, 1.82) is 0 Å². The number of nitrogens with zero attached hydrogens (tertiary/aromatic N) is 3. The fraction of sp³-hybridized carbons (Fsp3) is 0.269. The van der Waals surface area contributed by atoms with Gasteiger partial charge < -0.3 is 15.8 Å². The van der Waals surface area contributed by atoms with E-state index in [4.69, 9.17) is 10.5 Å². The highest BCUT2D eigenvalue weighted by Crippen LogP contribution is 2.27. The molecule has 3 N–H and O–H groups in total. The Bertz CT molecular complexity index is 1230. The smallest absolute Gasteiger partial charge is 0.240 e. The Morgan fingerprint density at radius 2 is 1.76 bits per heavy atom. The summed E-state index contributed by atoms with van der Waals surface area (Å²) >= 11 is 0. The van der Waals surface area contributed by atoms with Crippen LogP contribution in [0.1, 0.15) is 36.8 Å². The van der Waals surface area contributed by atoms with Crippen LogP contribution in [0.5, 0.6) is 0 Å². The molecule has 0 saturated carbocycles. The number of aryl methyl sites for hydroxylation is 1. The molecule has 33 heavy (non-hydrogen) atoms. The summed E-state index contributed by atoms with van der Waals surface area (Å²) in [6.45, 7) is 6.02. The molecule has 4 aromatic rings. The van der Waals surface area contributed by atoms with Gasteiger partial charge in [-0.3, -0.25) is 9.20 Å². The van der Waals surface area contributed by atoms with E-state index in [1.165, 1.54) is 0 Å². The van der Waals surface area contributed by atoms with Crippen LogP contribution in [0.2, 0.25) is 0 Å². The number of hydrogen-bond donors (Lipinski definition) is 2. The molecule has 2 heterocycles. The van der Waals surface area contributed by atoms with Gasteiger partial charge in [0.15, 0.2) is 11.5 Å². The van der Waals surface area contributed by atoms with Crippen LogP contribution in [0.3, 0.4) is 0 Å². The number of hydrogen-bond acceptors (Lipinski definition) is 5. The fourth-order valence-electron chi connectivity index (χ4n) is 3.61. The number of nitrogens with one attached hydrogen (secondary N) is 1. The molecule has 1 amide bonds. The van der Waals surface area contributed by atoms with Gasteiger partial charge in [-0.05, 0) is 43.5 Å². The number of amides is 1. The van der Waals surface area contributed by atoms with Crippen LogP contribution >= 0.6 is 0 Å². The minimum atomic E-state index is -1.04. The average molecular weight is 444 g/mol. The number of rotatable bonds is 8. The predicted octanol–water partition coefficient (Wildman–Crippen LogP) is 3.82. The number of pyridine rings is 1. The molecule has 7 heteroatoms. The molecule has 4 rings (SSSR count). The summed E-state index contributed by atoms with van der Waals surface area (Å²) in [5, 5.41) is 11.9. The normalized spacial score (nSPS) is 12.6. The summed E-state index contributed by atoms with van der Waals surface area (Å²) in [6.07, 6.45) is 1.97. The molecule has 170 valence electrons. The van der Waals surface area contributed by atoms with Crippen molar-refractivity contribution in [3.05, 3.63) is 89.9 Å². The first kappa shape index (κ1) is 22.6. The van der Waals surface area contributed by atoms with Crippen molar-refractivity contribution < 1.29 is 9.53 Å². The number of carbonyl (C=O) groups is 1. The molecule has 0 bridgehead atoms. The van der Waals surface area contributed by atoms with Crippen molar-refractivity contribution in [2.45, 2.75) is 39.0 Å². The molecule has 0 spiro atoms. The van der Waals surface area contributed by atoms with E-state index in [2.05, 4.69) is 21.6 Å². The third-order valence-corrected chi connectivity index (χ3v) is 5.35. The lowest BCUT2D eigenvalue weighted by Crippen LogP contribution is -2.50. The molecule has 2 aromatic heterocycles. The van der Waals surface area contributed by atoms with Gasteiger partial charge in [-0.2, -0.15) is 0 Å². The quantitative estimate of drug-likeness (QED) is 0.432. The monoisotopic (exact) mass is 443 g/mol. The van der Waals surface area contributed by atoms with E-state index in [9.17, 15) is 4.79 Å². The highest BCUT2D eigenvalue weighted by molar-refractivity contribution is 5.85. The number of carbonyl (C=O) groups excluding carboxylic acids is 1. The molecule has 0 unspecified atom stereocenters. The van der Waals surface area contributed by atoms with Crippen molar-refractivity contribution in [2.24, 2.45) is 5.73 Å². The van der Waals surface area contributed by atoms with Crippen LogP contribution in [0.4, 0.5) is 0 Å². The van der Waals surface area contributed by atoms with Gasteiger partial charge in [0.1, 0.15) is 6.04 Å². The molecule has 0 radical (unpaired) electrons. The second-order valence-corrected chi connectivity index (χ2v) is 8.80. The molecule has 0 aliphatic heterocycles. The summed E-state index contributed by atoms with van der Waals surface area (Å²) in [6, 6.07) is 21.5. The Morgan fingerprint density at radius 3 is 2.42 bits per heavy atom. The zero-order chi connectivity index (χ0) is 23.4. The van der Waals surface area contributed by atoms with Gasteiger partial charge >= 0.3 is 0 Å². The molecular weight excluding hydrogens is 414 g/mol. The molecular formula is C26H29N5O2. The van der Waals surface area contributed by atoms with E-state index in [1.54, 1.807) is 13.8 Å². The Balaban J connectivity index is 1.69. The van der Waals surface area contributed by atoms with Gasteiger partial charge in [-0.1, -0.05) is 60.7 Å². The topological polar surface area (TPSA) is 94.5 Å². The number of aromatic nitrogens is 3. The molecule has 0 saturated heterocycles. The lowest BCUT2D eigenvalue weighted by Gasteiger charge is -2.23. The van der Waals surface area contributed by atoms with E-state index < -0.39 is 11.6 Å². The maximum Gasteiger partial charge on any atom is 0.240 e. The van der Waals surface area contributed by atoms with E-state index in [0.717, 1.165) is 27.9 Å². The SMILES string of the molecule is Cc1cc(-c2ccccc2)c2nnc([C@@H](COCc3ccccc3)NC(=O)C(C)(C)N)n2c1. The van der Waals surface area contributed by atoms with Crippen LogP contribution in [0, 0.1) is 6.92 Å². The highest BCUT2D eigenvalue weighted by atomic mass is 16.5. The van der Waals surface area contributed by atoms with Crippen LogP contribution in [0.25, 0.3) is 16.8 Å². The minimum absolute atomic E-state index is 0.228. The lowest BCUT2D eigenvalue weighted by molar-refractivity contribution is -0.126. The lowest BCUT2D eigenvalue weighted by atomic mass is 10.1. The van der Waals surface area contributed by atoms with Gasteiger partial charge in [-0.15, -0.1) is 10.2 Å². The number of ether oxygens (including phenoxy) is 1. The maximum atomic E-state index is 12.7. The van der Waals surface area contributed by atoms with Crippen LogP contribution in [-0.2, 0) is 16.1 Å². The average Bonchev–Trinajstić information content (AvgIpc) is 3.22. The first-order valence-corrected chi connectivity index (χ1v) is 10.9. The minimum Gasteiger partial charge on any atom is -0.374 e. The number of fused-ring (bicyclic) bond motifs is 1. The van der Waals surface area contributed by atoms with Gasteiger partial charge in [0.25, 0.3) is 0 Å². The molecule has 7 nitrogen and oxygen atoms in total. The van der Waals surface area contributed by atoms with E-state index in [0.29, 0.717) is 12.4 Å². The summed E-state index contributed by atoms with van der Waals surface area (Å²) < 4.78 is 7.91. The van der Waals surface area contributed by atoms with Gasteiger partial charge in [0.05, 0.1) is 18.8 Å². The van der Waals surface area contributed by atoms with Crippen molar-refractivity contribution in [3.63, 3.8) is 0 Å². The molecule has 1 atom stereocenters.